The Morgan fingerprint density at radius 2 is 1.67 bits per heavy atom. The highest BCUT2D eigenvalue weighted by Crippen LogP contribution is 2.25. The molecule has 0 saturated carbocycles. The van der Waals surface area contributed by atoms with Crippen molar-refractivity contribution in [3.8, 4) is 5.75 Å². The Hall–Kier alpha value is -3.09. The SMILES string of the molecule is CC(C)(C)c1ccc(S(=O)(=O)NCCc2c[nH]c3cc(OCc4ccccc4)ccc23)cc1. The number of ether oxygens (including phenoxy) is 1. The Morgan fingerprint density at radius 1 is 0.939 bits per heavy atom. The van der Waals surface area contributed by atoms with Gasteiger partial charge >= 0.3 is 0 Å². The zero-order chi connectivity index (χ0) is 23.5. The van der Waals surface area contributed by atoms with Crippen molar-refractivity contribution >= 4 is 20.9 Å². The number of fused-ring (bicyclic) bond motifs is 1. The first-order valence-corrected chi connectivity index (χ1v) is 12.6. The van der Waals surface area contributed by atoms with Crippen molar-refractivity contribution < 1.29 is 13.2 Å². The lowest BCUT2D eigenvalue weighted by Crippen LogP contribution is -2.26. The molecule has 0 unspecified atom stereocenters. The first kappa shape index (κ1) is 23.1. The predicted octanol–water partition coefficient (Wildman–Crippen LogP) is 5.57. The van der Waals surface area contributed by atoms with Crippen LogP contribution in [-0.4, -0.2) is 19.9 Å². The van der Waals surface area contributed by atoms with Gasteiger partial charge in [0.25, 0.3) is 0 Å². The van der Waals surface area contributed by atoms with Gasteiger partial charge < -0.3 is 9.72 Å². The second kappa shape index (κ2) is 9.41. The van der Waals surface area contributed by atoms with E-state index in [9.17, 15) is 8.42 Å². The molecular formula is C27H30N2O3S. The molecule has 172 valence electrons. The van der Waals surface area contributed by atoms with E-state index in [0.29, 0.717) is 19.6 Å². The van der Waals surface area contributed by atoms with Gasteiger partial charge in [-0.1, -0.05) is 63.2 Å². The number of hydrogen-bond donors (Lipinski definition) is 2. The van der Waals surface area contributed by atoms with Crippen LogP contribution in [0.15, 0.2) is 83.9 Å². The van der Waals surface area contributed by atoms with Crippen LogP contribution in [0.4, 0.5) is 0 Å². The Bertz CT molecular complexity index is 1320. The van der Waals surface area contributed by atoms with Crippen LogP contribution in [0.2, 0.25) is 0 Å². The van der Waals surface area contributed by atoms with E-state index in [1.54, 1.807) is 12.1 Å². The van der Waals surface area contributed by atoms with E-state index in [4.69, 9.17) is 4.74 Å². The van der Waals surface area contributed by atoms with Crippen molar-refractivity contribution in [1.82, 2.24) is 9.71 Å². The fourth-order valence-electron chi connectivity index (χ4n) is 3.74. The van der Waals surface area contributed by atoms with Crippen LogP contribution < -0.4 is 9.46 Å². The second-order valence-electron chi connectivity index (χ2n) is 9.22. The normalized spacial score (nSPS) is 12.2. The van der Waals surface area contributed by atoms with Gasteiger partial charge in [-0.15, -0.1) is 0 Å². The highest BCUT2D eigenvalue weighted by atomic mass is 32.2. The van der Waals surface area contributed by atoms with E-state index >= 15 is 0 Å². The minimum Gasteiger partial charge on any atom is -0.489 e. The minimum atomic E-state index is -3.55. The van der Waals surface area contributed by atoms with Crippen molar-refractivity contribution in [3.63, 3.8) is 0 Å². The second-order valence-corrected chi connectivity index (χ2v) is 11.0. The molecule has 4 rings (SSSR count). The summed E-state index contributed by atoms with van der Waals surface area (Å²) in [7, 11) is -3.55. The first-order valence-electron chi connectivity index (χ1n) is 11.1. The molecule has 0 bridgehead atoms. The van der Waals surface area contributed by atoms with Gasteiger partial charge in [0.1, 0.15) is 12.4 Å². The maximum Gasteiger partial charge on any atom is 0.240 e. The Morgan fingerprint density at radius 3 is 2.36 bits per heavy atom. The van der Waals surface area contributed by atoms with Gasteiger partial charge in [0.15, 0.2) is 0 Å². The zero-order valence-corrected chi connectivity index (χ0v) is 20.1. The summed E-state index contributed by atoms with van der Waals surface area (Å²) >= 11 is 0. The molecule has 1 heterocycles. The molecule has 1 aromatic heterocycles. The molecule has 33 heavy (non-hydrogen) atoms. The highest BCUT2D eigenvalue weighted by Gasteiger charge is 2.17. The number of hydrogen-bond acceptors (Lipinski definition) is 3. The van der Waals surface area contributed by atoms with Gasteiger partial charge in [-0.25, -0.2) is 13.1 Å². The Balaban J connectivity index is 1.37. The van der Waals surface area contributed by atoms with Crippen LogP contribution in [0.3, 0.4) is 0 Å². The highest BCUT2D eigenvalue weighted by molar-refractivity contribution is 7.89. The van der Waals surface area contributed by atoms with Crippen LogP contribution in [0.1, 0.15) is 37.5 Å². The summed E-state index contributed by atoms with van der Waals surface area (Å²) in [6.45, 7) is 7.15. The monoisotopic (exact) mass is 462 g/mol. The van der Waals surface area contributed by atoms with Crippen molar-refractivity contribution in [2.75, 3.05) is 6.54 Å². The number of benzene rings is 3. The molecule has 2 N–H and O–H groups in total. The summed E-state index contributed by atoms with van der Waals surface area (Å²) in [5.41, 5.74) is 4.23. The molecule has 4 aromatic rings. The molecule has 0 amide bonds. The third-order valence-electron chi connectivity index (χ3n) is 5.70. The lowest BCUT2D eigenvalue weighted by atomic mass is 9.87. The van der Waals surface area contributed by atoms with E-state index in [1.807, 2.05) is 66.9 Å². The summed E-state index contributed by atoms with van der Waals surface area (Å²) in [6.07, 6.45) is 2.52. The molecule has 3 aromatic carbocycles. The van der Waals surface area contributed by atoms with Crippen molar-refractivity contribution in [2.24, 2.45) is 0 Å². The van der Waals surface area contributed by atoms with Gasteiger partial charge in [0.05, 0.1) is 4.90 Å². The number of H-pyrrole nitrogens is 1. The van der Waals surface area contributed by atoms with Gasteiger partial charge in [-0.3, -0.25) is 0 Å². The molecular weight excluding hydrogens is 432 g/mol. The Labute approximate surface area is 195 Å². The maximum atomic E-state index is 12.7. The average Bonchev–Trinajstić information content (AvgIpc) is 3.20. The van der Waals surface area contributed by atoms with Gasteiger partial charge in [-0.2, -0.15) is 0 Å². The van der Waals surface area contributed by atoms with Crippen LogP contribution >= 0.6 is 0 Å². The molecule has 0 aliphatic heterocycles. The number of nitrogens with one attached hydrogen (secondary N) is 2. The standard InChI is InChI=1S/C27H30N2O3S/c1-27(2,3)22-9-12-24(13-10-22)33(30,31)29-16-15-21-18-28-26-17-23(11-14-25(21)26)32-19-20-7-5-4-6-8-20/h4-14,17-18,28-29H,15-16,19H2,1-3H3. The van der Waals surface area contributed by atoms with E-state index in [-0.39, 0.29) is 10.3 Å². The number of rotatable bonds is 8. The molecule has 0 saturated heterocycles. The molecule has 6 heteroatoms. The van der Waals surface area contributed by atoms with E-state index in [0.717, 1.165) is 33.3 Å². The lowest BCUT2D eigenvalue weighted by Gasteiger charge is -2.19. The number of sulfonamides is 1. The summed E-state index contributed by atoms with van der Waals surface area (Å²) in [5, 5.41) is 1.07. The fraction of sp³-hybridized carbons (Fsp3) is 0.259. The summed E-state index contributed by atoms with van der Waals surface area (Å²) in [5.74, 6) is 0.791. The lowest BCUT2D eigenvalue weighted by molar-refractivity contribution is 0.306. The van der Waals surface area contributed by atoms with Crippen LogP contribution in [0, 0.1) is 0 Å². The molecule has 0 aliphatic rings. The van der Waals surface area contributed by atoms with Gasteiger partial charge in [0, 0.05) is 29.7 Å². The first-order chi connectivity index (χ1) is 15.7. The third-order valence-corrected chi connectivity index (χ3v) is 7.18. The smallest absolute Gasteiger partial charge is 0.240 e. The van der Waals surface area contributed by atoms with Gasteiger partial charge in [-0.05, 0) is 52.8 Å². The van der Waals surface area contributed by atoms with Crippen molar-refractivity contribution in [1.29, 1.82) is 0 Å². The number of aromatic amines is 1. The summed E-state index contributed by atoms with van der Waals surface area (Å²) < 4.78 is 34.0. The molecule has 0 atom stereocenters. The maximum absolute atomic E-state index is 12.7. The molecule has 0 fully saturated rings. The van der Waals surface area contributed by atoms with Crippen LogP contribution in [0.25, 0.3) is 10.9 Å². The summed E-state index contributed by atoms with van der Waals surface area (Å²) in [6, 6.07) is 23.1. The topological polar surface area (TPSA) is 71.2 Å². The minimum absolute atomic E-state index is 0.0164. The molecule has 0 spiro atoms. The largest absolute Gasteiger partial charge is 0.489 e. The molecule has 5 nitrogen and oxygen atoms in total. The van der Waals surface area contributed by atoms with E-state index < -0.39 is 10.0 Å². The van der Waals surface area contributed by atoms with Gasteiger partial charge in [0.2, 0.25) is 10.0 Å². The fourth-order valence-corrected chi connectivity index (χ4v) is 4.77. The molecule has 0 radical (unpaired) electrons. The zero-order valence-electron chi connectivity index (χ0n) is 19.3. The van der Waals surface area contributed by atoms with Crippen LogP contribution in [0.5, 0.6) is 5.75 Å². The summed E-state index contributed by atoms with van der Waals surface area (Å²) in [4.78, 5) is 3.56. The van der Waals surface area contributed by atoms with Crippen molar-refractivity contribution in [2.45, 2.75) is 44.1 Å². The van der Waals surface area contributed by atoms with Crippen molar-refractivity contribution in [3.05, 3.63) is 95.7 Å². The Kier molecular flexibility index (Phi) is 6.58. The van der Waals surface area contributed by atoms with E-state index in [1.165, 1.54) is 0 Å². The molecule has 0 aliphatic carbocycles. The van der Waals surface area contributed by atoms with Crippen LogP contribution in [-0.2, 0) is 28.5 Å². The third kappa shape index (κ3) is 5.64. The predicted molar refractivity (Wildman–Crippen MR) is 133 cm³/mol. The average molecular weight is 463 g/mol. The quantitative estimate of drug-likeness (QED) is 0.360. The number of aromatic nitrogens is 1. The van der Waals surface area contributed by atoms with E-state index in [2.05, 4.69) is 30.5 Å².